The molecule has 186 valence electrons. The average molecular weight is 533 g/mol. The second kappa shape index (κ2) is 9.22. The molecule has 0 N–H and O–H groups in total. The monoisotopic (exact) mass is 532 g/mol. The summed E-state index contributed by atoms with van der Waals surface area (Å²) in [7, 11) is 0. The van der Waals surface area contributed by atoms with Gasteiger partial charge in [0.2, 0.25) is 0 Å². The van der Waals surface area contributed by atoms with E-state index in [0.29, 0.717) is 0 Å². The van der Waals surface area contributed by atoms with E-state index in [4.69, 9.17) is 24.7 Å². The molecule has 0 heterocycles. The molecule has 0 saturated carbocycles. The molecule has 0 fully saturated rings. The SMILES string of the molecule is [2H]c1c([2H])c([2H])c(-c2c([2H])c(-c3c4c([2H])c([2H])c([2H])c([2H])c4c(-c4c([2H])c([2H])c([2H])c5c([2H])c([2H])c([2H])c([2H])c45)c4c([2H])c([2H])c([2H])c([2H])c34)c3c([2H])c([2H])c([2H])c([2H])c3c2[2H])c([2H])c1[2H]. The molecule has 8 aromatic carbocycles. The number of hydrogen-bond donors (Lipinski definition) is 0. The van der Waals surface area contributed by atoms with Crippen LogP contribution in [0.1, 0.15) is 35.6 Å². The van der Waals surface area contributed by atoms with Gasteiger partial charge in [0.15, 0.2) is 0 Å². The van der Waals surface area contributed by atoms with Gasteiger partial charge < -0.3 is 0 Å². The normalized spacial score (nSPS) is 20.6. The highest BCUT2D eigenvalue weighted by atomic mass is 14.2. The van der Waals surface area contributed by atoms with Gasteiger partial charge in [-0.2, -0.15) is 0 Å². The van der Waals surface area contributed by atoms with E-state index in [-0.39, 0.29) is 0 Å². The van der Waals surface area contributed by atoms with E-state index in [1.165, 1.54) is 0 Å². The average Bonchev–Trinajstić information content (AvgIpc) is 3.28. The van der Waals surface area contributed by atoms with Crippen molar-refractivity contribution in [2.24, 2.45) is 0 Å². The third-order valence-electron chi connectivity index (χ3n) is 6.38. The Morgan fingerprint density at radius 3 is 1.38 bits per heavy atom. The maximum absolute atomic E-state index is 9.87. The first-order valence-corrected chi connectivity index (χ1v) is 11.8. The minimum Gasteiger partial charge on any atom is -0.0622 e. The fourth-order valence-corrected chi connectivity index (χ4v) is 4.75. The largest absolute Gasteiger partial charge is 0.0636 e. The predicted molar refractivity (Wildman–Crippen MR) is 173 cm³/mol. The first-order valence-electron chi connectivity index (χ1n) is 24.8. The van der Waals surface area contributed by atoms with Gasteiger partial charge in [0.1, 0.15) is 0 Å². The van der Waals surface area contributed by atoms with E-state index in [9.17, 15) is 11.0 Å². The van der Waals surface area contributed by atoms with Gasteiger partial charge in [0, 0.05) is 0 Å². The Labute approximate surface area is 270 Å². The fourth-order valence-electron chi connectivity index (χ4n) is 4.75. The summed E-state index contributed by atoms with van der Waals surface area (Å²) >= 11 is 0. The molecule has 8 aromatic rings. The fraction of sp³-hybridized carbons (Fsp3) is 0. The molecule has 0 amide bonds. The van der Waals surface area contributed by atoms with Crippen LogP contribution in [0.4, 0.5) is 0 Å². The van der Waals surface area contributed by atoms with Crippen molar-refractivity contribution in [3.63, 3.8) is 0 Å². The van der Waals surface area contributed by atoms with Crippen molar-refractivity contribution in [3.8, 4) is 33.4 Å². The van der Waals surface area contributed by atoms with Crippen LogP contribution in [0.2, 0.25) is 0 Å². The third kappa shape index (κ3) is 3.54. The van der Waals surface area contributed by atoms with Crippen LogP contribution in [0.5, 0.6) is 0 Å². The van der Waals surface area contributed by atoms with Crippen molar-refractivity contribution in [3.05, 3.63) is 157 Å². The Kier molecular flexibility index (Phi) is 1.99. The van der Waals surface area contributed by atoms with Gasteiger partial charge in [-0.1, -0.05) is 145 Å². The Balaban J connectivity index is 1.85. The Hall–Kier alpha value is -5.20. The predicted octanol–water partition coefficient (Wildman–Crippen LogP) is 11.3. The number of hydrogen-bond acceptors (Lipinski definition) is 0. The van der Waals surface area contributed by atoms with Gasteiger partial charge in [-0.05, 0) is 88.6 Å². The van der Waals surface area contributed by atoms with Crippen LogP contribution in [-0.4, -0.2) is 0 Å². The molecule has 0 spiro atoms. The molecule has 0 aliphatic carbocycles. The molecule has 0 nitrogen and oxygen atoms in total. The smallest absolute Gasteiger partial charge is 0.0622 e. The van der Waals surface area contributed by atoms with Crippen molar-refractivity contribution in [1.82, 2.24) is 0 Å². The van der Waals surface area contributed by atoms with Gasteiger partial charge in [-0.3, -0.25) is 0 Å². The van der Waals surface area contributed by atoms with Gasteiger partial charge >= 0.3 is 0 Å². The third-order valence-corrected chi connectivity index (χ3v) is 6.38. The van der Waals surface area contributed by atoms with E-state index < -0.39 is 234 Å². The molecule has 0 saturated heterocycles. The molecule has 40 heavy (non-hydrogen) atoms. The van der Waals surface area contributed by atoms with Crippen LogP contribution >= 0.6 is 0 Å². The van der Waals surface area contributed by atoms with Crippen molar-refractivity contribution in [2.75, 3.05) is 0 Å². The highest BCUT2D eigenvalue weighted by molar-refractivity contribution is 6.25. The highest BCUT2D eigenvalue weighted by Gasteiger charge is 2.19. The second-order valence-electron chi connectivity index (χ2n) is 8.50. The van der Waals surface area contributed by atoms with E-state index in [2.05, 4.69) is 0 Å². The lowest BCUT2D eigenvalue weighted by atomic mass is 9.83. The van der Waals surface area contributed by atoms with E-state index in [1.807, 2.05) is 0 Å². The molecule has 0 aliphatic rings. The van der Waals surface area contributed by atoms with Crippen molar-refractivity contribution < 1.29 is 35.6 Å². The first kappa shape index (κ1) is 8.65. The van der Waals surface area contributed by atoms with E-state index >= 15 is 0 Å². The molecule has 0 radical (unpaired) electrons. The number of rotatable bonds is 3. The Bertz CT molecular complexity index is 3530. The summed E-state index contributed by atoms with van der Waals surface area (Å²) in [5, 5.41) is -5.78. The van der Waals surface area contributed by atoms with Crippen molar-refractivity contribution in [1.29, 1.82) is 0 Å². The molecule has 0 aliphatic heterocycles. The maximum Gasteiger partial charge on any atom is 0.0636 e. The zero-order valence-electron chi connectivity index (χ0n) is 46.0. The topological polar surface area (TPSA) is 0 Å². The molecule has 0 bridgehead atoms. The van der Waals surface area contributed by atoms with Crippen LogP contribution in [0, 0.1) is 0 Å². The zero-order valence-corrected chi connectivity index (χ0v) is 20.0. The van der Waals surface area contributed by atoms with Crippen molar-refractivity contribution >= 4 is 43.1 Å². The minimum atomic E-state index is -1.06. The van der Waals surface area contributed by atoms with Crippen LogP contribution < -0.4 is 0 Å². The highest BCUT2D eigenvalue weighted by Crippen LogP contribution is 2.47. The molecular weight excluding hydrogens is 480 g/mol. The standard InChI is InChI=1S/C40H26/c1-2-13-27(14-3-1)30-25-29-16-5-7-19-32(29)38(26-30)40-36-22-10-8-20-34(36)39(35-21-9-11-23-37(35)40)33-24-12-17-28-15-4-6-18-31(28)33/h1-26H/i1D,2D,3D,4D,5D,6D,7D,8D,9D,10D,11D,12D,13D,14D,15D,16D,17D,18D,19D,20D,21D,22D,23D,24D,25D,26D. The molecule has 0 heteroatoms. The summed E-state index contributed by atoms with van der Waals surface area (Å²) in [4.78, 5) is 0. The molecular formula is C40H26. The van der Waals surface area contributed by atoms with Crippen LogP contribution in [0.15, 0.2) is 157 Å². The Morgan fingerprint density at radius 2 is 0.750 bits per heavy atom. The Morgan fingerprint density at radius 1 is 0.300 bits per heavy atom. The quantitative estimate of drug-likeness (QED) is 0.198. The van der Waals surface area contributed by atoms with Crippen LogP contribution in [0.25, 0.3) is 76.5 Å². The van der Waals surface area contributed by atoms with Gasteiger partial charge in [0.25, 0.3) is 0 Å². The summed E-state index contributed by atoms with van der Waals surface area (Å²) in [6.07, 6.45) is 0. The van der Waals surface area contributed by atoms with Crippen molar-refractivity contribution in [2.45, 2.75) is 0 Å². The zero-order chi connectivity index (χ0) is 49.1. The molecule has 8 rings (SSSR count). The summed E-state index contributed by atoms with van der Waals surface area (Å²) < 4.78 is 232. The summed E-state index contributed by atoms with van der Waals surface area (Å²) in [5.41, 5.74) is -4.67. The lowest BCUT2D eigenvalue weighted by Crippen LogP contribution is -1.93. The maximum atomic E-state index is 9.87. The summed E-state index contributed by atoms with van der Waals surface area (Å²) in [6, 6.07) is -24.9. The number of benzene rings is 8. The van der Waals surface area contributed by atoms with E-state index in [1.54, 1.807) is 0 Å². The lowest BCUT2D eigenvalue weighted by molar-refractivity contribution is 1.63. The van der Waals surface area contributed by atoms with Gasteiger partial charge in [0.05, 0.1) is 35.6 Å². The summed E-state index contributed by atoms with van der Waals surface area (Å²) in [6.45, 7) is 0. The second-order valence-corrected chi connectivity index (χ2v) is 8.50. The number of fused-ring (bicyclic) bond motifs is 4. The molecule has 0 aromatic heterocycles. The van der Waals surface area contributed by atoms with Gasteiger partial charge in [-0.25, -0.2) is 0 Å². The van der Waals surface area contributed by atoms with E-state index in [0.717, 1.165) is 0 Å². The summed E-state index contributed by atoms with van der Waals surface area (Å²) in [5.74, 6) is 0. The van der Waals surface area contributed by atoms with Crippen LogP contribution in [0.3, 0.4) is 0 Å². The molecule has 0 unspecified atom stereocenters. The first-order chi connectivity index (χ1) is 30.7. The lowest BCUT2D eigenvalue weighted by Gasteiger charge is -2.20. The molecule has 0 atom stereocenters. The minimum absolute atomic E-state index is 0.631. The van der Waals surface area contributed by atoms with Crippen LogP contribution in [-0.2, 0) is 0 Å². The van der Waals surface area contributed by atoms with Gasteiger partial charge in [-0.15, -0.1) is 0 Å².